The molecule has 4 aromatic carbocycles. The van der Waals surface area contributed by atoms with E-state index in [1.54, 1.807) is 17.0 Å². The van der Waals surface area contributed by atoms with E-state index in [0.29, 0.717) is 22.0 Å². The SMILES string of the molecule is C[C@H](CCc1ccccc1)NC(=O)c1ccc(/C=C2/Sc3ccccc3N(Cc3cccc(Cl)c3)C2=O)cc1. The van der Waals surface area contributed by atoms with Gasteiger partial charge in [-0.3, -0.25) is 9.59 Å². The predicted molar refractivity (Wildman–Crippen MR) is 161 cm³/mol. The van der Waals surface area contributed by atoms with Gasteiger partial charge in [-0.1, -0.05) is 90.1 Å². The van der Waals surface area contributed by atoms with Crippen molar-refractivity contribution < 1.29 is 9.59 Å². The molecule has 0 spiro atoms. The van der Waals surface area contributed by atoms with Gasteiger partial charge in [-0.05, 0) is 78.9 Å². The standard InChI is InChI=1S/C33H29ClN2O2S/c1-23(14-15-24-8-3-2-4-9-24)35-32(37)27-18-16-25(17-19-27)21-31-33(38)36(22-26-10-7-11-28(34)20-26)29-12-5-6-13-30(29)39-31/h2-13,16-21,23H,14-15,22H2,1H3,(H,35,37)/b31-21+/t23-/m1/s1. The number of nitrogens with one attached hydrogen (secondary N) is 1. The summed E-state index contributed by atoms with van der Waals surface area (Å²) in [5, 5.41) is 3.73. The van der Waals surface area contributed by atoms with Crippen LogP contribution in [0.2, 0.25) is 5.02 Å². The van der Waals surface area contributed by atoms with Crippen LogP contribution in [-0.2, 0) is 17.8 Å². The number of anilines is 1. The zero-order valence-electron chi connectivity index (χ0n) is 21.6. The number of carbonyl (C=O) groups excluding carboxylic acids is 2. The average molecular weight is 553 g/mol. The molecule has 1 aliphatic rings. The van der Waals surface area contributed by atoms with Crippen LogP contribution in [-0.4, -0.2) is 17.9 Å². The summed E-state index contributed by atoms with van der Waals surface area (Å²) in [5.74, 6) is -0.160. The summed E-state index contributed by atoms with van der Waals surface area (Å²) in [4.78, 5) is 29.8. The van der Waals surface area contributed by atoms with Crippen molar-refractivity contribution >= 4 is 46.9 Å². The Morgan fingerprint density at radius 1 is 0.923 bits per heavy atom. The van der Waals surface area contributed by atoms with Gasteiger partial charge in [0.1, 0.15) is 0 Å². The van der Waals surface area contributed by atoms with Crippen LogP contribution in [0, 0.1) is 0 Å². The first kappa shape index (κ1) is 26.8. The minimum atomic E-state index is -0.0977. The number of thioether (sulfide) groups is 1. The molecule has 39 heavy (non-hydrogen) atoms. The van der Waals surface area contributed by atoms with Gasteiger partial charge >= 0.3 is 0 Å². The molecule has 0 saturated carbocycles. The third-order valence-corrected chi connectivity index (χ3v) is 7.93. The topological polar surface area (TPSA) is 49.4 Å². The Morgan fingerprint density at radius 2 is 1.64 bits per heavy atom. The van der Waals surface area contributed by atoms with E-state index in [9.17, 15) is 9.59 Å². The number of benzene rings is 4. The molecule has 0 aromatic heterocycles. The molecule has 6 heteroatoms. The summed E-state index contributed by atoms with van der Waals surface area (Å²) >= 11 is 7.66. The van der Waals surface area contributed by atoms with Crippen molar-refractivity contribution in [3.63, 3.8) is 0 Å². The van der Waals surface area contributed by atoms with Gasteiger partial charge in [0.2, 0.25) is 0 Å². The number of fused-ring (bicyclic) bond motifs is 1. The first-order valence-electron chi connectivity index (χ1n) is 13.0. The van der Waals surface area contributed by atoms with Gasteiger partial charge < -0.3 is 10.2 Å². The van der Waals surface area contributed by atoms with Crippen LogP contribution in [0.5, 0.6) is 0 Å². The minimum absolute atomic E-state index is 0.0568. The third-order valence-electron chi connectivity index (χ3n) is 6.62. The van der Waals surface area contributed by atoms with Crippen LogP contribution < -0.4 is 10.2 Å². The summed E-state index contributed by atoms with van der Waals surface area (Å²) in [7, 11) is 0. The largest absolute Gasteiger partial charge is 0.350 e. The molecule has 0 fully saturated rings. The van der Waals surface area contributed by atoms with E-state index in [1.165, 1.54) is 17.3 Å². The molecule has 1 aliphatic heterocycles. The zero-order chi connectivity index (χ0) is 27.2. The molecule has 1 heterocycles. The number of carbonyl (C=O) groups is 2. The number of hydrogen-bond donors (Lipinski definition) is 1. The smallest absolute Gasteiger partial charge is 0.265 e. The fourth-order valence-corrected chi connectivity index (χ4v) is 5.80. The van der Waals surface area contributed by atoms with Crippen LogP contribution >= 0.6 is 23.4 Å². The van der Waals surface area contributed by atoms with Gasteiger partial charge in [0.15, 0.2) is 0 Å². The molecular weight excluding hydrogens is 524 g/mol. The molecule has 2 amide bonds. The Morgan fingerprint density at radius 3 is 2.41 bits per heavy atom. The molecule has 1 N–H and O–H groups in total. The van der Waals surface area contributed by atoms with Crippen LogP contribution in [0.4, 0.5) is 5.69 Å². The highest BCUT2D eigenvalue weighted by Gasteiger charge is 2.29. The summed E-state index contributed by atoms with van der Waals surface area (Å²) in [6.07, 6.45) is 3.67. The highest BCUT2D eigenvalue weighted by atomic mass is 35.5. The Kier molecular flexibility index (Phi) is 8.50. The fraction of sp³-hybridized carbons (Fsp3) is 0.152. The quantitative estimate of drug-likeness (QED) is 0.227. The van der Waals surface area contributed by atoms with Gasteiger partial charge in [0.05, 0.1) is 17.1 Å². The summed E-state index contributed by atoms with van der Waals surface area (Å²) in [5.41, 5.74) is 4.57. The lowest BCUT2D eigenvalue weighted by Crippen LogP contribution is -2.33. The lowest BCUT2D eigenvalue weighted by atomic mass is 10.1. The molecular formula is C33H29ClN2O2S. The van der Waals surface area contributed by atoms with Crippen molar-refractivity contribution in [2.45, 2.75) is 37.2 Å². The lowest BCUT2D eigenvalue weighted by Gasteiger charge is -2.30. The maximum Gasteiger partial charge on any atom is 0.265 e. The van der Waals surface area contributed by atoms with Crippen molar-refractivity contribution in [1.82, 2.24) is 5.32 Å². The van der Waals surface area contributed by atoms with Gasteiger partial charge in [-0.15, -0.1) is 0 Å². The van der Waals surface area contributed by atoms with E-state index in [0.717, 1.165) is 34.6 Å². The number of halogens is 1. The van der Waals surface area contributed by atoms with Gasteiger partial charge in [0.25, 0.3) is 11.8 Å². The molecule has 196 valence electrons. The van der Waals surface area contributed by atoms with Crippen molar-refractivity contribution in [3.05, 3.63) is 135 Å². The van der Waals surface area contributed by atoms with E-state index in [1.807, 2.05) is 91.9 Å². The van der Waals surface area contributed by atoms with E-state index >= 15 is 0 Å². The zero-order valence-corrected chi connectivity index (χ0v) is 23.2. The van der Waals surface area contributed by atoms with E-state index in [4.69, 9.17) is 11.6 Å². The van der Waals surface area contributed by atoms with Crippen LogP contribution in [0.3, 0.4) is 0 Å². The van der Waals surface area contributed by atoms with Crippen molar-refractivity contribution in [2.75, 3.05) is 4.90 Å². The first-order valence-corrected chi connectivity index (χ1v) is 14.2. The molecule has 0 aliphatic carbocycles. The van der Waals surface area contributed by atoms with Crippen molar-refractivity contribution in [3.8, 4) is 0 Å². The fourth-order valence-electron chi connectivity index (χ4n) is 4.53. The molecule has 0 bridgehead atoms. The summed E-state index contributed by atoms with van der Waals surface area (Å²) in [6.45, 7) is 2.45. The van der Waals surface area contributed by atoms with E-state index in [-0.39, 0.29) is 17.9 Å². The Hall–Kier alpha value is -3.80. The van der Waals surface area contributed by atoms with E-state index < -0.39 is 0 Å². The van der Waals surface area contributed by atoms with Crippen molar-refractivity contribution in [1.29, 1.82) is 0 Å². The van der Waals surface area contributed by atoms with Gasteiger partial charge in [0, 0.05) is 21.5 Å². The molecule has 0 radical (unpaired) electrons. The average Bonchev–Trinajstić information content (AvgIpc) is 2.95. The number of para-hydroxylation sites is 1. The maximum atomic E-state index is 13.6. The summed E-state index contributed by atoms with van der Waals surface area (Å²) < 4.78 is 0. The van der Waals surface area contributed by atoms with Crippen LogP contribution in [0.15, 0.2) is 113 Å². The molecule has 0 saturated heterocycles. The Labute approximate surface area is 238 Å². The number of aryl methyl sites for hydroxylation is 1. The monoisotopic (exact) mass is 552 g/mol. The normalized spacial score (nSPS) is 14.7. The first-order chi connectivity index (χ1) is 19.0. The minimum Gasteiger partial charge on any atom is -0.350 e. The second-order valence-electron chi connectivity index (χ2n) is 9.62. The highest BCUT2D eigenvalue weighted by molar-refractivity contribution is 8.04. The second kappa shape index (κ2) is 12.4. The van der Waals surface area contributed by atoms with Gasteiger partial charge in [-0.25, -0.2) is 0 Å². The molecule has 1 atom stereocenters. The number of hydrogen-bond acceptors (Lipinski definition) is 3. The second-order valence-corrected chi connectivity index (χ2v) is 11.1. The van der Waals surface area contributed by atoms with Gasteiger partial charge in [-0.2, -0.15) is 0 Å². The van der Waals surface area contributed by atoms with Crippen LogP contribution in [0.25, 0.3) is 6.08 Å². The maximum absolute atomic E-state index is 13.6. The molecule has 4 aromatic rings. The predicted octanol–water partition coefficient (Wildman–Crippen LogP) is 7.77. The third kappa shape index (κ3) is 6.80. The Balaban J connectivity index is 1.28. The molecule has 0 unspecified atom stereocenters. The lowest BCUT2D eigenvalue weighted by molar-refractivity contribution is -0.114. The Bertz CT molecular complexity index is 1500. The number of nitrogens with zero attached hydrogens (tertiary/aromatic N) is 1. The van der Waals surface area contributed by atoms with Crippen LogP contribution in [0.1, 0.15) is 40.4 Å². The van der Waals surface area contributed by atoms with Crippen molar-refractivity contribution in [2.24, 2.45) is 0 Å². The summed E-state index contributed by atoms with van der Waals surface area (Å²) in [6, 6.07) is 33.2. The number of amides is 2. The van der Waals surface area contributed by atoms with E-state index in [2.05, 4.69) is 17.4 Å². The molecule has 5 rings (SSSR count). The molecule has 4 nitrogen and oxygen atoms in total. The highest BCUT2D eigenvalue weighted by Crippen LogP contribution is 2.42. The number of rotatable bonds is 8.